The van der Waals surface area contributed by atoms with E-state index in [0.717, 1.165) is 25.1 Å². The Hall–Kier alpha value is -0.280. The van der Waals surface area contributed by atoms with Crippen molar-refractivity contribution in [3.8, 4) is 0 Å². The molecule has 0 bridgehead atoms. The van der Waals surface area contributed by atoms with E-state index >= 15 is 0 Å². The fraction of sp³-hybridized carbons (Fsp3) is 0.500. The molecule has 1 saturated heterocycles. The molecule has 2 unspecified atom stereocenters. The van der Waals surface area contributed by atoms with Gasteiger partial charge in [0.1, 0.15) is 0 Å². The minimum Gasteiger partial charge on any atom is -0.326 e. The molecule has 1 heterocycles. The van der Waals surface area contributed by atoms with Gasteiger partial charge in [0.2, 0.25) is 0 Å². The maximum absolute atomic E-state index is 6.23. The lowest BCUT2D eigenvalue weighted by Gasteiger charge is -2.27. The van der Waals surface area contributed by atoms with Gasteiger partial charge in [0.15, 0.2) is 0 Å². The Morgan fingerprint density at radius 1 is 1.38 bits per heavy atom. The second-order valence-corrected chi connectivity index (χ2v) is 4.98. The van der Waals surface area contributed by atoms with E-state index in [9.17, 15) is 0 Å². The van der Waals surface area contributed by atoms with Gasteiger partial charge in [0, 0.05) is 28.2 Å². The van der Waals surface area contributed by atoms with E-state index in [1.165, 1.54) is 0 Å². The van der Waals surface area contributed by atoms with Crippen molar-refractivity contribution in [3.63, 3.8) is 0 Å². The minimum absolute atomic E-state index is 0.123. The second kappa shape index (κ2) is 4.92. The quantitative estimate of drug-likeness (QED) is 0.884. The predicted octanol–water partition coefficient (Wildman–Crippen LogP) is 3.09. The number of rotatable bonds is 2. The van der Waals surface area contributed by atoms with Gasteiger partial charge in [-0.15, -0.1) is 0 Å². The van der Waals surface area contributed by atoms with Gasteiger partial charge in [-0.2, -0.15) is 0 Å². The Kier molecular flexibility index (Phi) is 3.75. The van der Waals surface area contributed by atoms with Gasteiger partial charge in [-0.3, -0.25) is 4.90 Å². The summed E-state index contributed by atoms with van der Waals surface area (Å²) in [5, 5.41) is 1.43. The number of hydrogen-bond acceptors (Lipinski definition) is 2. The maximum atomic E-state index is 6.23. The SMILES string of the molecule is CCN1CCC(N)C1c1c(Cl)cccc1Cl. The van der Waals surface area contributed by atoms with Crippen molar-refractivity contribution in [2.24, 2.45) is 5.73 Å². The highest BCUT2D eigenvalue weighted by Crippen LogP contribution is 2.38. The van der Waals surface area contributed by atoms with Crippen LogP contribution in [-0.2, 0) is 0 Å². The first kappa shape index (κ1) is 12.2. The van der Waals surface area contributed by atoms with E-state index in [1.807, 2.05) is 18.2 Å². The monoisotopic (exact) mass is 258 g/mol. The first-order chi connectivity index (χ1) is 7.65. The van der Waals surface area contributed by atoms with E-state index < -0.39 is 0 Å². The molecule has 0 amide bonds. The zero-order chi connectivity index (χ0) is 11.7. The molecule has 0 radical (unpaired) electrons. The molecule has 1 aliphatic heterocycles. The number of halogens is 2. The van der Waals surface area contributed by atoms with Crippen molar-refractivity contribution in [3.05, 3.63) is 33.8 Å². The van der Waals surface area contributed by atoms with Crippen LogP contribution in [0.4, 0.5) is 0 Å². The number of likely N-dealkylation sites (tertiary alicyclic amines) is 1. The molecule has 88 valence electrons. The van der Waals surface area contributed by atoms with E-state index in [0.29, 0.717) is 10.0 Å². The van der Waals surface area contributed by atoms with Crippen molar-refractivity contribution in [2.45, 2.75) is 25.4 Å². The van der Waals surface area contributed by atoms with Crippen LogP contribution in [0.1, 0.15) is 24.9 Å². The van der Waals surface area contributed by atoms with E-state index in [1.54, 1.807) is 0 Å². The summed E-state index contributed by atoms with van der Waals surface area (Å²) in [6.07, 6.45) is 1.00. The normalized spacial score (nSPS) is 26.2. The molecular formula is C12H16Cl2N2. The zero-order valence-electron chi connectivity index (χ0n) is 9.29. The van der Waals surface area contributed by atoms with E-state index in [2.05, 4.69) is 11.8 Å². The summed E-state index contributed by atoms with van der Waals surface area (Å²) < 4.78 is 0. The zero-order valence-corrected chi connectivity index (χ0v) is 10.8. The number of likely N-dealkylation sites (N-methyl/N-ethyl adjacent to an activating group) is 1. The summed E-state index contributed by atoms with van der Waals surface area (Å²) in [4.78, 5) is 2.33. The second-order valence-electron chi connectivity index (χ2n) is 4.16. The van der Waals surface area contributed by atoms with E-state index in [-0.39, 0.29) is 12.1 Å². The van der Waals surface area contributed by atoms with Gasteiger partial charge in [-0.1, -0.05) is 36.2 Å². The third-order valence-electron chi connectivity index (χ3n) is 3.25. The lowest BCUT2D eigenvalue weighted by Crippen LogP contribution is -2.32. The molecular weight excluding hydrogens is 243 g/mol. The highest BCUT2D eigenvalue weighted by molar-refractivity contribution is 6.36. The van der Waals surface area contributed by atoms with Crippen molar-refractivity contribution < 1.29 is 0 Å². The molecule has 2 nitrogen and oxygen atoms in total. The molecule has 2 rings (SSSR count). The van der Waals surface area contributed by atoms with Crippen LogP contribution in [0.3, 0.4) is 0 Å². The van der Waals surface area contributed by atoms with Crippen LogP contribution in [0.15, 0.2) is 18.2 Å². The first-order valence-electron chi connectivity index (χ1n) is 5.58. The van der Waals surface area contributed by atoms with Crippen molar-refractivity contribution in [2.75, 3.05) is 13.1 Å². The van der Waals surface area contributed by atoms with Gasteiger partial charge < -0.3 is 5.73 Å². The molecule has 4 heteroatoms. The summed E-state index contributed by atoms with van der Waals surface area (Å²) in [5.74, 6) is 0. The van der Waals surface area contributed by atoms with Crippen LogP contribution in [0.2, 0.25) is 10.0 Å². The van der Waals surface area contributed by atoms with Gasteiger partial charge in [-0.25, -0.2) is 0 Å². The Balaban J connectivity index is 2.42. The van der Waals surface area contributed by atoms with Crippen LogP contribution in [0.5, 0.6) is 0 Å². The largest absolute Gasteiger partial charge is 0.326 e. The highest BCUT2D eigenvalue weighted by atomic mass is 35.5. The summed E-state index contributed by atoms with van der Waals surface area (Å²) in [6, 6.07) is 5.90. The lowest BCUT2D eigenvalue weighted by atomic mass is 10.0. The summed E-state index contributed by atoms with van der Waals surface area (Å²) in [6.45, 7) is 4.12. The molecule has 2 N–H and O–H groups in total. The molecule has 1 aromatic rings. The molecule has 2 atom stereocenters. The fourth-order valence-corrected chi connectivity index (χ4v) is 3.05. The Labute approximate surface area is 106 Å². The highest BCUT2D eigenvalue weighted by Gasteiger charge is 2.34. The standard InChI is InChI=1S/C12H16Cl2N2/c1-2-16-7-6-10(15)12(16)11-8(13)4-3-5-9(11)14/h3-5,10,12H,2,6-7,15H2,1H3. The van der Waals surface area contributed by atoms with Crippen LogP contribution in [0, 0.1) is 0 Å². The molecule has 0 saturated carbocycles. The first-order valence-corrected chi connectivity index (χ1v) is 6.34. The van der Waals surface area contributed by atoms with Crippen molar-refractivity contribution in [1.82, 2.24) is 4.90 Å². The number of hydrogen-bond donors (Lipinski definition) is 1. The van der Waals surface area contributed by atoms with Crippen LogP contribution in [0.25, 0.3) is 0 Å². The summed E-state index contributed by atoms with van der Waals surface area (Å²) in [5.41, 5.74) is 7.14. The number of nitrogens with zero attached hydrogens (tertiary/aromatic N) is 1. The van der Waals surface area contributed by atoms with Crippen molar-refractivity contribution in [1.29, 1.82) is 0 Å². The fourth-order valence-electron chi connectivity index (χ4n) is 2.43. The number of nitrogens with two attached hydrogens (primary N) is 1. The Bertz CT molecular complexity index is 361. The summed E-state index contributed by atoms with van der Waals surface area (Å²) >= 11 is 12.5. The summed E-state index contributed by atoms with van der Waals surface area (Å²) in [7, 11) is 0. The third kappa shape index (κ3) is 2.07. The van der Waals surface area contributed by atoms with Gasteiger partial charge in [0.05, 0.1) is 6.04 Å². The van der Waals surface area contributed by atoms with Crippen molar-refractivity contribution >= 4 is 23.2 Å². The Morgan fingerprint density at radius 3 is 2.56 bits per heavy atom. The Morgan fingerprint density at radius 2 is 2.00 bits per heavy atom. The van der Waals surface area contributed by atoms with Gasteiger partial charge in [0.25, 0.3) is 0 Å². The molecule has 1 fully saturated rings. The third-order valence-corrected chi connectivity index (χ3v) is 3.91. The van der Waals surface area contributed by atoms with Crippen LogP contribution in [-0.4, -0.2) is 24.0 Å². The van der Waals surface area contributed by atoms with Gasteiger partial charge in [-0.05, 0) is 25.1 Å². The molecule has 0 spiro atoms. The topological polar surface area (TPSA) is 29.3 Å². The predicted molar refractivity (Wildman–Crippen MR) is 69.0 cm³/mol. The average molecular weight is 259 g/mol. The van der Waals surface area contributed by atoms with Crippen LogP contribution >= 0.6 is 23.2 Å². The van der Waals surface area contributed by atoms with E-state index in [4.69, 9.17) is 28.9 Å². The minimum atomic E-state index is 0.123. The molecule has 1 aliphatic rings. The molecule has 0 aliphatic carbocycles. The number of benzene rings is 1. The lowest BCUT2D eigenvalue weighted by molar-refractivity contribution is 0.261. The smallest absolute Gasteiger partial charge is 0.0529 e. The average Bonchev–Trinajstić information content (AvgIpc) is 2.60. The molecule has 1 aromatic carbocycles. The van der Waals surface area contributed by atoms with Gasteiger partial charge >= 0.3 is 0 Å². The maximum Gasteiger partial charge on any atom is 0.0529 e. The molecule has 16 heavy (non-hydrogen) atoms. The van der Waals surface area contributed by atoms with Crippen LogP contribution < -0.4 is 5.73 Å². The molecule has 0 aromatic heterocycles.